The highest BCUT2D eigenvalue weighted by atomic mass is 19.1. The third kappa shape index (κ3) is 3.57. The summed E-state index contributed by atoms with van der Waals surface area (Å²) in [7, 11) is 0. The number of aromatic nitrogens is 2. The normalized spacial score (nSPS) is 14.9. The SMILES string of the molecule is CC1CCN(C(=O)c2nc(C(=O)Nc3c(F)cccc3F)n3ccccc23)CC1. The Morgan fingerprint density at radius 1 is 1.07 bits per heavy atom. The summed E-state index contributed by atoms with van der Waals surface area (Å²) in [5.41, 5.74) is 0.0673. The molecule has 0 spiro atoms. The number of nitrogens with zero attached hydrogens (tertiary/aromatic N) is 3. The maximum absolute atomic E-state index is 13.9. The Morgan fingerprint density at radius 3 is 2.45 bits per heavy atom. The van der Waals surface area contributed by atoms with Crippen LogP contribution in [0.1, 0.15) is 40.9 Å². The van der Waals surface area contributed by atoms with Gasteiger partial charge in [0.2, 0.25) is 5.82 Å². The number of nitrogens with one attached hydrogen (secondary N) is 1. The van der Waals surface area contributed by atoms with E-state index in [2.05, 4.69) is 17.2 Å². The number of pyridine rings is 1. The van der Waals surface area contributed by atoms with Crippen LogP contribution in [0.15, 0.2) is 42.6 Å². The van der Waals surface area contributed by atoms with E-state index in [9.17, 15) is 18.4 Å². The first kappa shape index (κ1) is 19.0. The van der Waals surface area contributed by atoms with E-state index in [0.29, 0.717) is 24.5 Å². The molecule has 4 rings (SSSR count). The Kier molecular flexibility index (Phi) is 5.00. The minimum absolute atomic E-state index is 0.114. The maximum atomic E-state index is 13.9. The molecule has 2 amide bonds. The summed E-state index contributed by atoms with van der Waals surface area (Å²) in [4.78, 5) is 31.7. The molecular formula is C21H20F2N4O2. The number of rotatable bonds is 3. The molecule has 1 aliphatic rings. The van der Waals surface area contributed by atoms with Crippen LogP contribution in [-0.2, 0) is 0 Å². The van der Waals surface area contributed by atoms with E-state index in [1.165, 1.54) is 10.5 Å². The van der Waals surface area contributed by atoms with Gasteiger partial charge >= 0.3 is 0 Å². The molecule has 8 heteroatoms. The van der Waals surface area contributed by atoms with Gasteiger partial charge in [-0.1, -0.05) is 19.1 Å². The fourth-order valence-corrected chi connectivity index (χ4v) is 3.50. The van der Waals surface area contributed by atoms with Gasteiger partial charge in [-0.3, -0.25) is 14.0 Å². The van der Waals surface area contributed by atoms with Gasteiger partial charge in [0.05, 0.1) is 5.52 Å². The monoisotopic (exact) mass is 398 g/mol. The van der Waals surface area contributed by atoms with Crippen LogP contribution in [0.3, 0.4) is 0 Å². The first-order valence-electron chi connectivity index (χ1n) is 9.47. The number of amides is 2. The molecule has 0 aliphatic carbocycles. The molecule has 0 radical (unpaired) electrons. The van der Waals surface area contributed by atoms with Crippen molar-refractivity contribution in [3.63, 3.8) is 0 Å². The summed E-state index contributed by atoms with van der Waals surface area (Å²) in [6, 6.07) is 8.42. The van der Waals surface area contributed by atoms with Crippen LogP contribution in [0, 0.1) is 17.6 Å². The number of hydrogen-bond acceptors (Lipinski definition) is 3. The van der Waals surface area contributed by atoms with Crippen molar-refractivity contribution in [1.29, 1.82) is 0 Å². The van der Waals surface area contributed by atoms with E-state index >= 15 is 0 Å². The van der Waals surface area contributed by atoms with Gasteiger partial charge in [-0.15, -0.1) is 0 Å². The quantitative estimate of drug-likeness (QED) is 0.731. The summed E-state index contributed by atoms with van der Waals surface area (Å²) in [5, 5.41) is 2.23. The van der Waals surface area contributed by atoms with Crippen LogP contribution in [0.2, 0.25) is 0 Å². The molecular weight excluding hydrogens is 378 g/mol. The number of piperidine rings is 1. The van der Waals surface area contributed by atoms with Gasteiger partial charge < -0.3 is 10.2 Å². The summed E-state index contributed by atoms with van der Waals surface area (Å²) >= 11 is 0. The van der Waals surface area contributed by atoms with Gasteiger partial charge in [-0.05, 0) is 43.0 Å². The van der Waals surface area contributed by atoms with Crippen LogP contribution in [0.5, 0.6) is 0 Å². The molecule has 1 aromatic carbocycles. The number of benzene rings is 1. The van der Waals surface area contributed by atoms with Crippen molar-refractivity contribution in [3.05, 3.63) is 65.7 Å². The Hall–Kier alpha value is -3.29. The lowest BCUT2D eigenvalue weighted by Gasteiger charge is -2.29. The number of imidazole rings is 1. The van der Waals surface area contributed by atoms with Crippen molar-refractivity contribution >= 4 is 23.0 Å². The van der Waals surface area contributed by atoms with Gasteiger partial charge in [-0.25, -0.2) is 13.8 Å². The van der Waals surface area contributed by atoms with Crippen LogP contribution in [0.4, 0.5) is 14.5 Å². The van der Waals surface area contributed by atoms with E-state index in [-0.39, 0.29) is 17.4 Å². The lowest BCUT2D eigenvalue weighted by Crippen LogP contribution is -2.38. The fourth-order valence-electron chi connectivity index (χ4n) is 3.50. The van der Waals surface area contributed by atoms with Gasteiger partial charge in [0.15, 0.2) is 5.69 Å². The number of carbonyl (C=O) groups excluding carboxylic acids is 2. The molecule has 0 atom stereocenters. The molecule has 29 heavy (non-hydrogen) atoms. The number of likely N-dealkylation sites (tertiary alicyclic amines) is 1. The fraction of sp³-hybridized carbons (Fsp3) is 0.286. The van der Waals surface area contributed by atoms with Crippen LogP contribution >= 0.6 is 0 Å². The Balaban J connectivity index is 1.69. The standard InChI is InChI=1S/C21H20F2N4O2/c1-13-8-11-26(12-9-13)21(29)18-16-7-2-3-10-27(16)19(24-18)20(28)25-17-14(22)5-4-6-15(17)23/h2-7,10,13H,8-9,11-12H2,1H3,(H,25,28). The second-order valence-corrected chi connectivity index (χ2v) is 7.27. The minimum Gasteiger partial charge on any atom is -0.337 e. The summed E-state index contributed by atoms with van der Waals surface area (Å²) in [6.45, 7) is 3.42. The van der Waals surface area contributed by atoms with Crippen molar-refractivity contribution in [2.45, 2.75) is 19.8 Å². The predicted octanol–water partition coefficient (Wildman–Crippen LogP) is 3.74. The third-order valence-electron chi connectivity index (χ3n) is 5.23. The van der Waals surface area contributed by atoms with E-state index in [0.717, 1.165) is 25.0 Å². The van der Waals surface area contributed by atoms with Crippen LogP contribution in [-0.4, -0.2) is 39.2 Å². The van der Waals surface area contributed by atoms with Crippen LogP contribution in [0.25, 0.3) is 5.52 Å². The zero-order valence-corrected chi connectivity index (χ0v) is 15.9. The Labute approximate surface area is 166 Å². The molecule has 1 N–H and O–H groups in total. The van der Waals surface area contributed by atoms with E-state index in [1.54, 1.807) is 29.3 Å². The molecule has 1 aliphatic heterocycles. The van der Waals surface area contributed by atoms with Crippen molar-refractivity contribution in [1.82, 2.24) is 14.3 Å². The first-order chi connectivity index (χ1) is 14.0. The number of hydrogen-bond donors (Lipinski definition) is 1. The van der Waals surface area contributed by atoms with Gasteiger partial charge in [0.25, 0.3) is 11.8 Å². The Bertz CT molecular complexity index is 1070. The van der Waals surface area contributed by atoms with Crippen molar-refractivity contribution in [3.8, 4) is 0 Å². The largest absolute Gasteiger partial charge is 0.337 e. The molecule has 3 heterocycles. The van der Waals surface area contributed by atoms with Gasteiger partial charge in [0.1, 0.15) is 17.3 Å². The second-order valence-electron chi connectivity index (χ2n) is 7.27. The van der Waals surface area contributed by atoms with Crippen molar-refractivity contribution in [2.24, 2.45) is 5.92 Å². The highest BCUT2D eigenvalue weighted by Gasteiger charge is 2.28. The zero-order chi connectivity index (χ0) is 20.5. The summed E-state index contributed by atoms with van der Waals surface area (Å²) in [5.74, 6) is -2.39. The summed E-state index contributed by atoms with van der Waals surface area (Å²) in [6.07, 6.45) is 3.42. The van der Waals surface area contributed by atoms with Gasteiger partial charge in [-0.2, -0.15) is 0 Å². The van der Waals surface area contributed by atoms with Crippen molar-refractivity contribution < 1.29 is 18.4 Å². The first-order valence-corrected chi connectivity index (χ1v) is 9.47. The topological polar surface area (TPSA) is 66.7 Å². The lowest BCUT2D eigenvalue weighted by molar-refractivity contribution is 0.0694. The maximum Gasteiger partial charge on any atom is 0.292 e. The van der Waals surface area contributed by atoms with Gasteiger partial charge in [0, 0.05) is 19.3 Å². The van der Waals surface area contributed by atoms with E-state index in [1.807, 2.05) is 0 Å². The third-order valence-corrected chi connectivity index (χ3v) is 5.23. The number of anilines is 1. The molecule has 1 saturated heterocycles. The summed E-state index contributed by atoms with van der Waals surface area (Å²) < 4.78 is 29.3. The molecule has 3 aromatic rings. The molecule has 6 nitrogen and oxygen atoms in total. The average molecular weight is 398 g/mol. The number of fused-ring (bicyclic) bond motifs is 1. The van der Waals surface area contributed by atoms with Crippen LogP contribution < -0.4 is 5.32 Å². The highest BCUT2D eigenvalue weighted by Crippen LogP contribution is 2.22. The minimum atomic E-state index is -0.891. The average Bonchev–Trinajstić information content (AvgIpc) is 3.11. The number of halogens is 2. The molecule has 2 aromatic heterocycles. The molecule has 0 saturated carbocycles. The smallest absolute Gasteiger partial charge is 0.292 e. The number of para-hydroxylation sites is 1. The van der Waals surface area contributed by atoms with E-state index in [4.69, 9.17) is 0 Å². The molecule has 0 bridgehead atoms. The molecule has 1 fully saturated rings. The van der Waals surface area contributed by atoms with E-state index < -0.39 is 23.2 Å². The second kappa shape index (κ2) is 7.62. The predicted molar refractivity (Wildman–Crippen MR) is 104 cm³/mol. The zero-order valence-electron chi connectivity index (χ0n) is 15.9. The molecule has 150 valence electrons. The van der Waals surface area contributed by atoms with Crippen molar-refractivity contribution in [2.75, 3.05) is 18.4 Å². The highest BCUT2D eigenvalue weighted by molar-refractivity contribution is 6.06. The lowest BCUT2D eigenvalue weighted by atomic mass is 9.99. The number of carbonyl (C=O) groups is 2. The molecule has 0 unspecified atom stereocenters. The Morgan fingerprint density at radius 2 is 1.76 bits per heavy atom.